The normalized spacial score (nSPS) is 9.62. The quantitative estimate of drug-likeness (QED) is 0.623. The molecule has 1 aromatic rings. The number of nitrogens with zero attached hydrogens (tertiary/aromatic N) is 1. The number of aromatic nitrogens is 1. The van der Waals surface area contributed by atoms with Crippen LogP contribution in [0.25, 0.3) is 0 Å². The lowest BCUT2D eigenvalue weighted by molar-refractivity contribution is 0.569. The van der Waals surface area contributed by atoms with E-state index >= 15 is 0 Å². The van der Waals surface area contributed by atoms with E-state index in [9.17, 15) is 0 Å². The summed E-state index contributed by atoms with van der Waals surface area (Å²) in [5.74, 6) is 0. The Morgan fingerprint density at radius 2 is 1.92 bits per heavy atom. The second kappa shape index (κ2) is 6.88. The maximum absolute atomic E-state index is 4.90. The van der Waals surface area contributed by atoms with Gasteiger partial charge in [0.1, 0.15) is 0 Å². The van der Waals surface area contributed by atoms with Gasteiger partial charge in [-0.05, 0) is 6.07 Å². The number of pyridine rings is 1. The lowest BCUT2D eigenvalue weighted by Gasteiger charge is -2.16. The van der Waals surface area contributed by atoms with Crippen LogP contribution in [0.15, 0.2) is 18.3 Å². The van der Waals surface area contributed by atoms with Crippen LogP contribution >= 0.6 is 18.1 Å². The van der Waals surface area contributed by atoms with E-state index in [0.29, 0.717) is 0 Å². The lowest BCUT2D eigenvalue weighted by atomic mass is 9.92. The molecule has 0 atom stereocenters. The van der Waals surface area contributed by atoms with E-state index in [0.717, 1.165) is 5.69 Å². The van der Waals surface area contributed by atoms with Crippen molar-refractivity contribution in [2.75, 3.05) is 0 Å². The summed E-state index contributed by atoms with van der Waals surface area (Å²) in [6, 6.07) is 6.79. The molecule has 1 nitrogen and oxygen atoms in total. The molecule has 0 aliphatic carbocycles. The minimum atomic E-state index is -0.639. The minimum Gasteiger partial charge on any atom is -0.309 e. The molecule has 0 spiro atoms. The first-order chi connectivity index (χ1) is 6.02. The van der Waals surface area contributed by atoms with Gasteiger partial charge in [-0.15, -0.1) is 0 Å². The predicted molar refractivity (Wildman–Crippen MR) is 59.2 cm³/mol. The van der Waals surface area contributed by atoms with Crippen molar-refractivity contribution in [3.63, 3.8) is 0 Å². The molecule has 0 aromatic carbocycles. The van der Waals surface area contributed by atoms with Gasteiger partial charge in [0.15, 0.2) is 0 Å². The van der Waals surface area contributed by atoms with Crippen LogP contribution in [-0.4, -0.2) is 23.1 Å². The molecule has 0 aliphatic rings. The number of halogens is 2. The Kier molecular flexibility index (Phi) is 7.14. The molecule has 4 heteroatoms. The Morgan fingerprint density at radius 3 is 2.15 bits per heavy atom. The van der Waals surface area contributed by atoms with Crippen LogP contribution in [-0.2, 0) is 5.41 Å². The van der Waals surface area contributed by atoms with Gasteiger partial charge >= 0.3 is 18.2 Å². The zero-order valence-corrected chi connectivity index (χ0v) is 11.1. The highest BCUT2D eigenvalue weighted by atomic mass is 35.6. The van der Waals surface area contributed by atoms with Gasteiger partial charge in [0, 0.05) is 23.4 Å². The standard InChI is InChI=1S/C9H12N.2ClH.Mg/c1-9(2,3)8-6-4-5-7-10-8;;;/h4,6-7H,1-3H3;2*1H;/q;;;+2/p-2. The van der Waals surface area contributed by atoms with E-state index in [1.165, 1.54) is 0 Å². The highest BCUT2D eigenvalue weighted by Crippen LogP contribution is 2.18. The van der Waals surface area contributed by atoms with Crippen LogP contribution in [0.1, 0.15) is 26.5 Å². The summed E-state index contributed by atoms with van der Waals surface area (Å²) < 4.78 is 0. The molecular formula is C9H12Cl2MgN. The average Bonchev–Trinajstić information content (AvgIpc) is 2.06. The summed E-state index contributed by atoms with van der Waals surface area (Å²) in [6.45, 7) is 6.44. The van der Waals surface area contributed by atoms with Crippen LogP contribution < -0.4 is 0 Å². The number of hydrogen-bond acceptors (Lipinski definition) is 1. The van der Waals surface area contributed by atoms with Crippen LogP contribution in [0.2, 0.25) is 0 Å². The SMILES string of the molecule is CC(C)(C)c1cc[c]cn1.[Cl][Mg][Cl]. The molecule has 69 valence electrons. The van der Waals surface area contributed by atoms with Gasteiger partial charge in [-0.3, -0.25) is 4.98 Å². The van der Waals surface area contributed by atoms with E-state index in [1.807, 2.05) is 12.1 Å². The van der Waals surface area contributed by atoms with Gasteiger partial charge in [-0.2, -0.15) is 0 Å². The van der Waals surface area contributed by atoms with Crippen molar-refractivity contribution >= 4 is 36.3 Å². The van der Waals surface area contributed by atoms with E-state index in [-0.39, 0.29) is 5.41 Å². The second-order valence-electron chi connectivity index (χ2n) is 3.49. The van der Waals surface area contributed by atoms with Gasteiger partial charge in [-0.25, -0.2) is 0 Å². The smallest absolute Gasteiger partial charge is 0.309 e. The maximum atomic E-state index is 4.90. The first kappa shape index (κ1) is 13.5. The van der Waals surface area contributed by atoms with Crippen molar-refractivity contribution in [2.45, 2.75) is 26.2 Å². The highest BCUT2D eigenvalue weighted by molar-refractivity contribution is 7.22. The lowest BCUT2D eigenvalue weighted by Crippen LogP contribution is -2.12. The molecule has 0 amide bonds. The Labute approximate surface area is 97.1 Å². The molecule has 1 aromatic heterocycles. The van der Waals surface area contributed by atoms with Crippen LogP contribution in [0.5, 0.6) is 0 Å². The summed E-state index contributed by atoms with van der Waals surface area (Å²) in [5.41, 5.74) is 1.28. The molecule has 0 fully saturated rings. The minimum absolute atomic E-state index is 0.162. The summed E-state index contributed by atoms with van der Waals surface area (Å²) in [5, 5.41) is 0. The Hall–Kier alpha value is 0.496. The van der Waals surface area contributed by atoms with Crippen LogP contribution in [0.4, 0.5) is 0 Å². The fraction of sp³-hybridized carbons (Fsp3) is 0.444. The summed E-state index contributed by atoms with van der Waals surface area (Å²) in [4.78, 5) is 4.19. The maximum Gasteiger partial charge on any atom is 0.618 e. The van der Waals surface area contributed by atoms with Gasteiger partial charge in [0.25, 0.3) is 0 Å². The first-order valence-electron chi connectivity index (χ1n) is 3.97. The van der Waals surface area contributed by atoms with Crippen molar-refractivity contribution in [1.82, 2.24) is 4.98 Å². The average molecular weight is 229 g/mol. The molecule has 0 bridgehead atoms. The van der Waals surface area contributed by atoms with Crippen molar-refractivity contribution in [2.24, 2.45) is 0 Å². The van der Waals surface area contributed by atoms with Crippen molar-refractivity contribution in [1.29, 1.82) is 0 Å². The van der Waals surface area contributed by atoms with E-state index in [4.69, 9.17) is 18.1 Å². The van der Waals surface area contributed by atoms with E-state index in [1.54, 1.807) is 6.20 Å². The van der Waals surface area contributed by atoms with E-state index in [2.05, 4.69) is 31.8 Å². The summed E-state index contributed by atoms with van der Waals surface area (Å²) >= 11 is -0.639. The fourth-order valence-electron chi connectivity index (χ4n) is 0.764. The molecule has 1 heterocycles. The third-order valence-corrected chi connectivity index (χ3v) is 1.38. The number of rotatable bonds is 0. The monoisotopic (exact) mass is 228 g/mol. The van der Waals surface area contributed by atoms with Gasteiger partial charge in [-0.1, -0.05) is 26.8 Å². The molecule has 0 saturated heterocycles. The Balaban J connectivity index is 0.000000424. The molecule has 0 N–H and O–H groups in total. The van der Waals surface area contributed by atoms with Crippen LogP contribution in [0, 0.1) is 6.07 Å². The second-order valence-corrected chi connectivity index (χ2v) is 6.12. The van der Waals surface area contributed by atoms with Crippen LogP contribution in [0.3, 0.4) is 0 Å². The van der Waals surface area contributed by atoms with Gasteiger partial charge in [0.2, 0.25) is 0 Å². The van der Waals surface area contributed by atoms with Crippen molar-refractivity contribution in [3.05, 3.63) is 30.1 Å². The zero-order chi connectivity index (χ0) is 10.3. The molecule has 1 rings (SSSR count). The molecule has 0 saturated carbocycles. The largest absolute Gasteiger partial charge is 0.618 e. The summed E-state index contributed by atoms with van der Waals surface area (Å²) in [6.07, 6.45) is 1.71. The van der Waals surface area contributed by atoms with E-state index < -0.39 is 18.2 Å². The molecular weight excluding hydrogens is 217 g/mol. The third-order valence-electron chi connectivity index (χ3n) is 1.38. The molecule has 0 aliphatic heterocycles. The predicted octanol–water partition coefficient (Wildman–Crippen LogP) is 3.18. The fourth-order valence-corrected chi connectivity index (χ4v) is 0.764. The summed E-state index contributed by atoms with van der Waals surface area (Å²) in [7, 11) is 9.81. The van der Waals surface area contributed by atoms with Gasteiger partial charge < -0.3 is 18.1 Å². The van der Waals surface area contributed by atoms with Gasteiger partial charge in [0.05, 0.1) is 0 Å². The molecule has 13 heavy (non-hydrogen) atoms. The molecule has 0 unspecified atom stereocenters. The number of hydrogen-bond donors (Lipinski definition) is 0. The highest BCUT2D eigenvalue weighted by Gasteiger charge is 2.13. The molecule has 1 radical (unpaired) electrons. The Bertz CT molecular complexity index is 221. The third kappa shape index (κ3) is 6.55. The van der Waals surface area contributed by atoms with Crippen molar-refractivity contribution < 1.29 is 0 Å². The first-order valence-corrected chi connectivity index (χ1v) is 8.24. The zero-order valence-electron chi connectivity index (χ0n) is 8.14. The Morgan fingerprint density at radius 1 is 1.38 bits per heavy atom. The van der Waals surface area contributed by atoms with Crippen molar-refractivity contribution in [3.8, 4) is 0 Å². The topological polar surface area (TPSA) is 12.9 Å².